The second kappa shape index (κ2) is 5.09. The predicted octanol–water partition coefficient (Wildman–Crippen LogP) is 2.31. The van der Waals surface area contributed by atoms with Crippen LogP contribution in [0.25, 0.3) is 11.3 Å². The van der Waals surface area contributed by atoms with Crippen molar-refractivity contribution in [2.45, 2.75) is 19.9 Å². The van der Waals surface area contributed by atoms with Crippen LogP contribution in [0, 0.1) is 10.1 Å². The maximum Gasteiger partial charge on any atom is 0.313 e. The summed E-state index contributed by atoms with van der Waals surface area (Å²) in [5.41, 5.74) is 0.553. The molecule has 0 radical (unpaired) electrons. The molecule has 2 aromatic heterocycles. The minimum atomic E-state index is -0.539. The molecule has 0 aliphatic carbocycles. The lowest BCUT2D eigenvalue weighted by molar-refractivity contribution is -0.384. The largest absolute Gasteiger partial charge is 0.313 e. The first-order valence-corrected chi connectivity index (χ1v) is 5.69. The zero-order valence-electron chi connectivity index (χ0n) is 9.58. The maximum absolute atomic E-state index is 10.9. The molecule has 0 spiro atoms. The fourth-order valence-electron chi connectivity index (χ4n) is 1.54. The highest BCUT2D eigenvalue weighted by Gasteiger charge is 2.19. The predicted molar refractivity (Wildman–Crippen MR) is 65.2 cm³/mol. The van der Waals surface area contributed by atoms with Gasteiger partial charge in [-0.15, -0.1) is 0 Å². The van der Waals surface area contributed by atoms with Crippen LogP contribution in [0.2, 0.25) is 5.28 Å². The van der Waals surface area contributed by atoms with E-state index in [0.29, 0.717) is 5.56 Å². The molecule has 0 N–H and O–H groups in total. The maximum atomic E-state index is 10.9. The van der Waals surface area contributed by atoms with Gasteiger partial charge in [-0.25, -0.2) is 9.97 Å². The van der Waals surface area contributed by atoms with E-state index in [0.717, 1.165) is 19.2 Å². The Morgan fingerprint density at radius 1 is 1.50 bits per heavy atom. The lowest BCUT2D eigenvalue weighted by Crippen LogP contribution is -1.97. The molecule has 2 heterocycles. The quantitative estimate of drug-likeness (QED) is 0.482. The number of halogens is 1. The van der Waals surface area contributed by atoms with Gasteiger partial charge in [-0.1, -0.05) is 6.92 Å². The number of nitro groups is 1. The number of hydrogen-bond donors (Lipinski definition) is 0. The minimum Gasteiger partial charge on any atom is -0.272 e. The number of aryl methyl sites for hydroxylation is 1. The van der Waals surface area contributed by atoms with Crippen LogP contribution in [0.3, 0.4) is 0 Å². The molecule has 7 nitrogen and oxygen atoms in total. The van der Waals surface area contributed by atoms with Crippen LogP contribution in [-0.2, 0) is 6.54 Å². The molecule has 0 saturated carbocycles. The summed E-state index contributed by atoms with van der Waals surface area (Å²) in [4.78, 5) is 17.9. The topological polar surface area (TPSA) is 86.7 Å². The molecular weight excluding hydrogens is 258 g/mol. The van der Waals surface area contributed by atoms with Crippen molar-refractivity contribution in [3.05, 3.63) is 34.0 Å². The summed E-state index contributed by atoms with van der Waals surface area (Å²) in [5.74, 6) is 0. The molecule has 0 amide bonds. The molecule has 0 aliphatic heterocycles. The summed E-state index contributed by atoms with van der Waals surface area (Å²) in [7, 11) is 0. The molecular formula is C10H10ClN5O2. The number of aromatic nitrogens is 4. The van der Waals surface area contributed by atoms with Crippen molar-refractivity contribution in [2.75, 3.05) is 0 Å². The van der Waals surface area contributed by atoms with Crippen LogP contribution >= 0.6 is 11.6 Å². The van der Waals surface area contributed by atoms with E-state index in [2.05, 4.69) is 15.1 Å². The van der Waals surface area contributed by atoms with E-state index in [9.17, 15) is 10.1 Å². The van der Waals surface area contributed by atoms with Gasteiger partial charge in [-0.2, -0.15) is 5.10 Å². The van der Waals surface area contributed by atoms with E-state index >= 15 is 0 Å². The molecule has 94 valence electrons. The standard InChI is InChI=1S/C10H10ClN5O2/c1-2-3-15-6-7(4-13-15)9-8(16(17)18)5-12-10(11)14-9/h4-6H,2-3H2,1H3. The summed E-state index contributed by atoms with van der Waals surface area (Å²) >= 11 is 5.67. The monoisotopic (exact) mass is 267 g/mol. The first kappa shape index (κ1) is 12.4. The molecule has 2 rings (SSSR count). The van der Waals surface area contributed by atoms with Crippen molar-refractivity contribution >= 4 is 17.3 Å². The van der Waals surface area contributed by atoms with Gasteiger partial charge in [-0.3, -0.25) is 14.8 Å². The van der Waals surface area contributed by atoms with Crippen LogP contribution in [0.5, 0.6) is 0 Å². The third-order valence-electron chi connectivity index (χ3n) is 2.30. The second-order valence-corrected chi connectivity index (χ2v) is 3.96. The molecule has 0 aliphatic rings. The molecule has 2 aromatic rings. The van der Waals surface area contributed by atoms with E-state index in [4.69, 9.17) is 11.6 Å². The van der Waals surface area contributed by atoms with Crippen molar-refractivity contribution < 1.29 is 4.92 Å². The van der Waals surface area contributed by atoms with Gasteiger partial charge in [-0.05, 0) is 18.0 Å². The summed E-state index contributed by atoms with van der Waals surface area (Å²) < 4.78 is 1.70. The van der Waals surface area contributed by atoms with Gasteiger partial charge in [0.15, 0.2) is 5.69 Å². The molecule has 0 fully saturated rings. The van der Waals surface area contributed by atoms with E-state index in [1.807, 2.05) is 6.92 Å². The lowest BCUT2D eigenvalue weighted by atomic mass is 10.2. The first-order valence-electron chi connectivity index (χ1n) is 5.31. The number of hydrogen-bond acceptors (Lipinski definition) is 5. The zero-order valence-corrected chi connectivity index (χ0v) is 10.3. The van der Waals surface area contributed by atoms with Crippen molar-refractivity contribution in [3.63, 3.8) is 0 Å². The average molecular weight is 268 g/mol. The Balaban J connectivity index is 2.47. The summed E-state index contributed by atoms with van der Waals surface area (Å²) in [6, 6.07) is 0. The van der Waals surface area contributed by atoms with Gasteiger partial charge in [0, 0.05) is 18.3 Å². The van der Waals surface area contributed by atoms with Gasteiger partial charge in [0.05, 0.1) is 11.1 Å². The third kappa shape index (κ3) is 2.45. The van der Waals surface area contributed by atoms with Crippen LogP contribution in [0.15, 0.2) is 18.6 Å². The molecule has 8 heteroatoms. The van der Waals surface area contributed by atoms with Crippen LogP contribution < -0.4 is 0 Å². The van der Waals surface area contributed by atoms with E-state index in [-0.39, 0.29) is 16.7 Å². The SMILES string of the molecule is CCCn1cc(-c2nc(Cl)ncc2[N+](=O)[O-])cn1. The smallest absolute Gasteiger partial charge is 0.272 e. The molecule has 0 atom stereocenters. The van der Waals surface area contributed by atoms with E-state index < -0.39 is 4.92 Å². The summed E-state index contributed by atoms with van der Waals surface area (Å²) in [6.07, 6.45) is 5.26. The Kier molecular flexibility index (Phi) is 3.52. The fraction of sp³-hybridized carbons (Fsp3) is 0.300. The van der Waals surface area contributed by atoms with Gasteiger partial charge in [0.1, 0.15) is 6.20 Å². The van der Waals surface area contributed by atoms with Crippen molar-refractivity contribution in [3.8, 4) is 11.3 Å². The zero-order chi connectivity index (χ0) is 13.1. The van der Waals surface area contributed by atoms with Crippen molar-refractivity contribution in [2.24, 2.45) is 0 Å². The van der Waals surface area contributed by atoms with Crippen molar-refractivity contribution in [1.82, 2.24) is 19.7 Å². The second-order valence-electron chi connectivity index (χ2n) is 3.62. The Morgan fingerprint density at radius 2 is 2.28 bits per heavy atom. The minimum absolute atomic E-state index is 0.0289. The molecule has 0 bridgehead atoms. The fourth-order valence-corrected chi connectivity index (χ4v) is 1.67. The lowest BCUT2D eigenvalue weighted by Gasteiger charge is -1.99. The average Bonchev–Trinajstić information content (AvgIpc) is 2.77. The Bertz CT molecular complexity index is 583. The van der Waals surface area contributed by atoms with Crippen molar-refractivity contribution in [1.29, 1.82) is 0 Å². The van der Waals surface area contributed by atoms with Gasteiger partial charge < -0.3 is 0 Å². The highest BCUT2D eigenvalue weighted by atomic mass is 35.5. The highest BCUT2D eigenvalue weighted by Crippen LogP contribution is 2.27. The number of nitrogens with zero attached hydrogens (tertiary/aromatic N) is 5. The Labute approximate surface area is 108 Å². The van der Waals surface area contributed by atoms with E-state index in [1.54, 1.807) is 10.9 Å². The normalized spacial score (nSPS) is 10.6. The summed E-state index contributed by atoms with van der Waals surface area (Å²) in [6.45, 7) is 2.76. The Hall–Kier alpha value is -2.02. The number of rotatable bonds is 4. The van der Waals surface area contributed by atoms with Gasteiger partial charge in [0.2, 0.25) is 5.28 Å². The highest BCUT2D eigenvalue weighted by molar-refractivity contribution is 6.28. The van der Waals surface area contributed by atoms with Crippen LogP contribution in [-0.4, -0.2) is 24.7 Å². The molecule has 0 unspecified atom stereocenters. The summed E-state index contributed by atoms with van der Waals surface area (Å²) in [5, 5.41) is 15.0. The van der Waals surface area contributed by atoms with Gasteiger partial charge >= 0.3 is 5.69 Å². The van der Waals surface area contributed by atoms with Crippen LogP contribution in [0.1, 0.15) is 13.3 Å². The Morgan fingerprint density at radius 3 is 2.94 bits per heavy atom. The van der Waals surface area contributed by atoms with E-state index in [1.165, 1.54) is 6.20 Å². The molecule has 0 saturated heterocycles. The molecule has 18 heavy (non-hydrogen) atoms. The third-order valence-corrected chi connectivity index (χ3v) is 2.48. The van der Waals surface area contributed by atoms with Gasteiger partial charge in [0.25, 0.3) is 0 Å². The first-order chi connectivity index (χ1) is 8.61. The molecule has 0 aromatic carbocycles. The van der Waals surface area contributed by atoms with Crippen LogP contribution in [0.4, 0.5) is 5.69 Å².